The molecule has 2 aromatic heterocycles. The Morgan fingerprint density at radius 2 is 1.90 bits per heavy atom. The second-order valence-electron chi connectivity index (χ2n) is 11.1. The Bertz CT molecular complexity index is 1790. The van der Waals surface area contributed by atoms with Crippen molar-refractivity contribution in [1.29, 1.82) is 0 Å². The highest BCUT2D eigenvalue weighted by molar-refractivity contribution is 5.94. The van der Waals surface area contributed by atoms with Crippen molar-refractivity contribution >= 4 is 22.6 Å². The number of benzene rings is 2. The van der Waals surface area contributed by atoms with Crippen molar-refractivity contribution in [2.24, 2.45) is 7.05 Å². The summed E-state index contributed by atoms with van der Waals surface area (Å²) in [5.41, 5.74) is -0.123. The van der Waals surface area contributed by atoms with Crippen molar-refractivity contribution in [2.45, 2.75) is 58.0 Å². The van der Waals surface area contributed by atoms with Gasteiger partial charge in [0.2, 0.25) is 5.69 Å². The molecule has 1 fully saturated rings. The molecule has 5 rings (SSSR count). The summed E-state index contributed by atoms with van der Waals surface area (Å²) in [5.74, 6) is -0.120. The highest BCUT2D eigenvalue weighted by Gasteiger charge is 2.35. The molecule has 9 nitrogen and oxygen atoms in total. The fraction of sp³-hybridized carbons (Fsp3) is 0.333. The molecule has 0 unspecified atom stereocenters. The Morgan fingerprint density at radius 3 is 2.55 bits per heavy atom. The van der Waals surface area contributed by atoms with Crippen molar-refractivity contribution < 1.29 is 27.4 Å². The van der Waals surface area contributed by atoms with E-state index in [1.165, 1.54) is 17.1 Å². The molecule has 0 radical (unpaired) electrons. The number of alkyl halides is 3. The Kier molecular flexibility index (Phi) is 7.22. The number of pyridine rings is 1. The first-order valence-corrected chi connectivity index (χ1v) is 13.2. The molecule has 1 aliphatic carbocycles. The van der Waals surface area contributed by atoms with Crippen LogP contribution >= 0.6 is 0 Å². The summed E-state index contributed by atoms with van der Waals surface area (Å²) in [6, 6.07) is 6.79. The molecule has 42 heavy (non-hydrogen) atoms. The lowest BCUT2D eigenvalue weighted by Crippen LogP contribution is -2.32. The number of nitrogens with one attached hydrogen (secondary N) is 2. The van der Waals surface area contributed by atoms with Crippen LogP contribution in [0.25, 0.3) is 38.0 Å². The number of ether oxygens (including phenoxy) is 2. The van der Waals surface area contributed by atoms with Gasteiger partial charge in [-0.3, -0.25) is 9.48 Å². The smallest absolute Gasteiger partial charge is 0.416 e. The number of H-pyrrole nitrogens is 1. The number of hydrogen-bond donors (Lipinski definition) is 2. The number of rotatable bonds is 6. The maximum absolute atomic E-state index is 14.0. The minimum atomic E-state index is -4.67. The summed E-state index contributed by atoms with van der Waals surface area (Å²) in [7, 11) is 1.58. The van der Waals surface area contributed by atoms with Gasteiger partial charge < -0.3 is 19.8 Å². The van der Waals surface area contributed by atoms with E-state index in [1.54, 1.807) is 46.0 Å². The van der Waals surface area contributed by atoms with Crippen molar-refractivity contribution in [3.05, 3.63) is 75.6 Å². The molecule has 1 aliphatic rings. The van der Waals surface area contributed by atoms with E-state index in [-0.39, 0.29) is 40.9 Å². The number of halogens is 3. The number of nitrogens with zero attached hydrogens (tertiary/aromatic N) is 3. The van der Waals surface area contributed by atoms with Gasteiger partial charge in [-0.15, -0.1) is 0 Å². The predicted octanol–water partition coefficient (Wildman–Crippen LogP) is 6.73. The number of amides is 1. The molecule has 0 aliphatic heterocycles. The van der Waals surface area contributed by atoms with Crippen LogP contribution in [0, 0.1) is 6.57 Å². The van der Waals surface area contributed by atoms with E-state index in [2.05, 4.69) is 20.2 Å². The van der Waals surface area contributed by atoms with Gasteiger partial charge in [-0.05, 0) is 68.3 Å². The highest BCUT2D eigenvalue weighted by Crippen LogP contribution is 2.47. The van der Waals surface area contributed by atoms with Crippen LogP contribution in [0.2, 0.25) is 0 Å². The summed E-state index contributed by atoms with van der Waals surface area (Å²) in [4.78, 5) is 31.1. The van der Waals surface area contributed by atoms with Gasteiger partial charge in [-0.1, -0.05) is 12.1 Å². The molecule has 2 aromatic carbocycles. The van der Waals surface area contributed by atoms with Crippen molar-refractivity contribution in [3.63, 3.8) is 0 Å². The van der Waals surface area contributed by atoms with Crippen LogP contribution in [0.15, 0.2) is 47.5 Å². The van der Waals surface area contributed by atoms with Gasteiger partial charge in [0.15, 0.2) is 0 Å². The zero-order valence-electron chi connectivity index (χ0n) is 23.3. The predicted molar refractivity (Wildman–Crippen MR) is 150 cm³/mol. The fourth-order valence-electron chi connectivity index (χ4n) is 4.60. The molecule has 1 amide bonds. The Morgan fingerprint density at radius 1 is 1.17 bits per heavy atom. The Balaban J connectivity index is 1.63. The molecule has 0 atom stereocenters. The van der Waals surface area contributed by atoms with Crippen LogP contribution < -0.4 is 15.6 Å². The number of aryl methyl sites for hydroxylation is 1. The normalized spacial score (nSPS) is 13.6. The molecule has 218 valence electrons. The lowest BCUT2D eigenvalue weighted by atomic mass is 9.95. The average Bonchev–Trinajstić information content (AvgIpc) is 3.64. The first-order chi connectivity index (χ1) is 19.7. The first kappa shape index (κ1) is 28.7. The third kappa shape index (κ3) is 5.95. The van der Waals surface area contributed by atoms with Crippen molar-refractivity contribution in [2.75, 3.05) is 0 Å². The molecule has 12 heteroatoms. The quantitative estimate of drug-likeness (QED) is 0.247. The monoisotopic (exact) mass is 579 g/mol. The van der Waals surface area contributed by atoms with Crippen LogP contribution in [-0.4, -0.2) is 32.6 Å². The zero-order chi connectivity index (χ0) is 30.4. The minimum Gasteiger partial charge on any atom is -0.501 e. The van der Waals surface area contributed by atoms with Crippen LogP contribution in [0.5, 0.6) is 5.75 Å². The fourth-order valence-corrected chi connectivity index (χ4v) is 4.60. The van der Waals surface area contributed by atoms with Gasteiger partial charge in [-0.25, -0.2) is 9.64 Å². The Hall–Kier alpha value is -4.79. The van der Waals surface area contributed by atoms with Gasteiger partial charge in [0.1, 0.15) is 11.4 Å². The molecular formula is C30H28F3N5O4. The highest BCUT2D eigenvalue weighted by atomic mass is 19.4. The van der Waals surface area contributed by atoms with E-state index >= 15 is 0 Å². The number of fused-ring (bicyclic) bond motifs is 1. The minimum absolute atomic E-state index is 0.0308. The molecular weight excluding hydrogens is 551 g/mol. The molecule has 4 aromatic rings. The first-order valence-electron chi connectivity index (χ1n) is 13.2. The van der Waals surface area contributed by atoms with E-state index in [9.17, 15) is 22.8 Å². The van der Waals surface area contributed by atoms with E-state index in [1.807, 2.05) is 0 Å². The molecule has 1 saturated carbocycles. The second kappa shape index (κ2) is 10.6. The van der Waals surface area contributed by atoms with E-state index in [0.717, 1.165) is 12.1 Å². The van der Waals surface area contributed by atoms with Gasteiger partial charge >= 0.3 is 12.3 Å². The van der Waals surface area contributed by atoms with Crippen LogP contribution in [-0.2, 0) is 24.5 Å². The maximum atomic E-state index is 14.0. The SMILES string of the molecule is [C-]#[N+]c1c(OC2CC2)cc(C(F)(F)F)cc1-c1c(-c2ccc3c(=O)[nH]cc(CNC(=O)OC(C)(C)C)c3c2)cnn1C. The van der Waals surface area contributed by atoms with Crippen LogP contribution in [0.3, 0.4) is 0 Å². The molecule has 0 bridgehead atoms. The summed E-state index contributed by atoms with van der Waals surface area (Å²) in [6.07, 6.45) is -1.12. The lowest BCUT2D eigenvalue weighted by Gasteiger charge is -2.20. The summed E-state index contributed by atoms with van der Waals surface area (Å²) >= 11 is 0. The van der Waals surface area contributed by atoms with Gasteiger partial charge in [0.05, 0.1) is 30.1 Å². The largest absolute Gasteiger partial charge is 0.501 e. The Labute approximate surface area is 239 Å². The topological polar surface area (TPSA) is 103 Å². The maximum Gasteiger partial charge on any atom is 0.416 e. The molecule has 0 saturated heterocycles. The summed E-state index contributed by atoms with van der Waals surface area (Å²) in [6.45, 7) is 13.1. The van der Waals surface area contributed by atoms with Gasteiger partial charge in [0, 0.05) is 36.3 Å². The zero-order valence-corrected chi connectivity index (χ0v) is 23.3. The third-order valence-corrected chi connectivity index (χ3v) is 6.65. The van der Waals surface area contributed by atoms with Gasteiger partial charge in [-0.2, -0.15) is 18.3 Å². The van der Waals surface area contributed by atoms with Crippen LogP contribution in [0.1, 0.15) is 44.7 Å². The summed E-state index contributed by atoms with van der Waals surface area (Å²) < 4.78 is 54.3. The molecule has 2 N–H and O–H groups in total. The number of carbonyl (C=O) groups excluding carboxylic acids is 1. The second-order valence-corrected chi connectivity index (χ2v) is 11.1. The van der Waals surface area contributed by atoms with Crippen LogP contribution in [0.4, 0.5) is 23.7 Å². The number of hydrogen-bond acceptors (Lipinski definition) is 5. The van der Waals surface area contributed by atoms with E-state index in [0.29, 0.717) is 40.3 Å². The van der Waals surface area contributed by atoms with Gasteiger partial charge in [0.25, 0.3) is 5.56 Å². The average molecular weight is 580 g/mol. The summed E-state index contributed by atoms with van der Waals surface area (Å²) in [5, 5.41) is 7.86. The lowest BCUT2D eigenvalue weighted by molar-refractivity contribution is -0.137. The number of aromatic nitrogens is 3. The number of carbonyl (C=O) groups is 1. The van der Waals surface area contributed by atoms with E-state index in [4.69, 9.17) is 16.0 Å². The van der Waals surface area contributed by atoms with Crippen molar-refractivity contribution in [3.8, 4) is 28.1 Å². The van der Waals surface area contributed by atoms with Crippen molar-refractivity contribution in [1.82, 2.24) is 20.1 Å². The molecule has 2 heterocycles. The van der Waals surface area contributed by atoms with E-state index < -0.39 is 23.4 Å². The number of alkyl carbamates (subject to hydrolysis) is 1. The molecule has 0 spiro atoms. The third-order valence-electron chi connectivity index (χ3n) is 6.65. The standard InChI is InChI=1S/C30H28F3N5O4/c1-29(2,3)42-28(40)36-14-17-13-35-27(39)20-9-6-16(10-21(17)20)23-15-37-38(5)26(23)22-11-18(30(31,32)33)12-24(25(22)34-4)41-19-7-8-19/h6,9-13,15,19H,7-8,14H2,1-3,5H3,(H,35,39)(H,36,40). The number of aromatic amines is 1.